The Bertz CT molecular complexity index is 1650. The Morgan fingerprint density at radius 1 is 1.00 bits per heavy atom. The molecule has 0 fully saturated rings. The van der Waals surface area contributed by atoms with Crippen molar-refractivity contribution in [2.45, 2.75) is 33.7 Å². The maximum absolute atomic E-state index is 13.9. The molecule has 41 heavy (non-hydrogen) atoms. The molecule has 0 radical (unpaired) electrons. The molecule has 0 N–H and O–H groups in total. The minimum absolute atomic E-state index is 0.160. The predicted octanol–water partition coefficient (Wildman–Crippen LogP) is 3.15. The Hall–Kier alpha value is -4.38. The summed E-state index contributed by atoms with van der Waals surface area (Å²) in [6.45, 7) is 7.86. The summed E-state index contributed by atoms with van der Waals surface area (Å²) in [5.74, 6) is 0.257. The molecule has 2 aromatic carbocycles. The zero-order valence-electron chi connectivity index (χ0n) is 23.6. The fourth-order valence-corrected chi connectivity index (χ4v) is 5.44. The monoisotopic (exact) mass is 580 g/mol. The van der Waals surface area contributed by atoms with Gasteiger partial charge >= 0.3 is 11.9 Å². The molecule has 1 aromatic heterocycles. The second-order valence-electron chi connectivity index (χ2n) is 8.81. The van der Waals surface area contributed by atoms with Gasteiger partial charge in [0.05, 0.1) is 48.8 Å². The average molecular weight is 581 g/mol. The number of carbonyl (C=O) groups excluding carboxylic acids is 2. The van der Waals surface area contributed by atoms with Gasteiger partial charge in [0.2, 0.25) is 0 Å². The number of hydrogen-bond donors (Lipinski definition) is 0. The van der Waals surface area contributed by atoms with E-state index in [-0.39, 0.29) is 24.3 Å². The van der Waals surface area contributed by atoms with Crippen LogP contribution in [0.2, 0.25) is 0 Å². The van der Waals surface area contributed by atoms with E-state index in [0.29, 0.717) is 51.1 Å². The smallest absolute Gasteiger partial charge is 0.343 e. The molecule has 0 saturated heterocycles. The molecule has 1 aliphatic rings. The maximum atomic E-state index is 13.9. The molecular formula is C30H32N2O8S. The van der Waals surface area contributed by atoms with Crippen LogP contribution in [0.4, 0.5) is 0 Å². The molecule has 0 saturated carbocycles. The van der Waals surface area contributed by atoms with Gasteiger partial charge in [-0.3, -0.25) is 9.36 Å². The first-order valence-corrected chi connectivity index (χ1v) is 14.0. The third kappa shape index (κ3) is 6.51. The SMILES string of the molecule is CCOC(=O)C1=C(C)N=c2s/c(=C/c3cccc(OCC)c3)c(=O)n2[C@@H]1c1ccc(OCC(=O)OC)c(OCC)c1. The average Bonchev–Trinajstić information content (AvgIpc) is 3.25. The number of fused-ring (bicyclic) bond motifs is 1. The topological polar surface area (TPSA) is 115 Å². The van der Waals surface area contributed by atoms with Gasteiger partial charge in [-0.05, 0) is 69.2 Å². The molecule has 4 rings (SSSR count). The van der Waals surface area contributed by atoms with Crippen LogP contribution < -0.4 is 29.1 Å². The van der Waals surface area contributed by atoms with E-state index in [9.17, 15) is 14.4 Å². The highest BCUT2D eigenvalue weighted by Crippen LogP contribution is 2.36. The van der Waals surface area contributed by atoms with Gasteiger partial charge in [0.25, 0.3) is 5.56 Å². The lowest BCUT2D eigenvalue weighted by molar-refractivity contribution is -0.143. The Morgan fingerprint density at radius 3 is 2.49 bits per heavy atom. The lowest BCUT2D eigenvalue weighted by Gasteiger charge is -2.25. The molecule has 0 amide bonds. The number of hydrogen-bond acceptors (Lipinski definition) is 10. The summed E-state index contributed by atoms with van der Waals surface area (Å²) in [6.07, 6.45) is 1.78. The van der Waals surface area contributed by atoms with E-state index in [1.807, 2.05) is 38.1 Å². The first kappa shape index (κ1) is 29.6. The van der Waals surface area contributed by atoms with Crippen molar-refractivity contribution in [1.82, 2.24) is 4.57 Å². The van der Waals surface area contributed by atoms with E-state index in [1.54, 1.807) is 38.1 Å². The van der Waals surface area contributed by atoms with E-state index >= 15 is 0 Å². The number of benzene rings is 2. The van der Waals surface area contributed by atoms with E-state index in [1.165, 1.54) is 23.0 Å². The van der Waals surface area contributed by atoms with Crippen LogP contribution >= 0.6 is 11.3 Å². The lowest BCUT2D eigenvalue weighted by atomic mass is 9.95. The second-order valence-corrected chi connectivity index (χ2v) is 9.82. The summed E-state index contributed by atoms with van der Waals surface area (Å²) < 4.78 is 29.0. The van der Waals surface area contributed by atoms with Gasteiger partial charge in [0, 0.05) is 0 Å². The molecule has 2 heterocycles. The van der Waals surface area contributed by atoms with Crippen molar-refractivity contribution in [3.63, 3.8) is 0 Å². The van der Waals surface area contributed by atoms with Crippen molar-refractivity contribution in [3.05, 3.63) is 84.5 Å². The number of nitrogens with zero attached hydrogens (tertiary/aromatic N) is 2. The summed E-state index contributed by atoms with van der Waals surface area (Å²) in [5.41, 5.74) is 1.77. The van der Waals surface area contributed by atoms with Crippen LogP contribution in [0.1, 0.15) is 44.9 Å². The van der Waals surface area contributed by atoms with Crippen molar-refractivity contribution in [2.75, 3.05) is 33.5 Å². The van der Waals surface area contributed by atoms with Crippen LogP contribution in [-0.2, 0) is 19.1 Å². The second kappa shape index (κ2) is 13.3. The molecule has 10 nitrogen and oxygen atoms in total. The number of rotatable bonds is 11. The molecule has 0 spiro atoms. The predicted molar refractivity (Wildman–Crippen MR) is 153 cm³/mol. The minimum atomic E-state index is -0.837. The fraction of sp³-hybridized carbons (Fsp3) is 0.333. The Morgan fingerprint density at radius 2 is 1.78 bits per heavy atom. The number of thiazole rings is 1. The highest BCUT2D eigenvalue weighted by Gasteiger charge is 2.34. The molecule has 0 bridgehead atoms. The zero-order chi connectivity index (χ0) is 29.5. The molecule has 0 aliphatic carbocycles. The number of aromatic nitrogens is 1. The Balaban J connectivity index is 1.88. The van der Waals surface area contributed by atoms with Crippen LogP contribution in [0.5, 0.6) is 17.2 Å². The highest BCUT2D eigenvalue weighted by atomic mass is 32.1. The van der Waals surface area contributed by atoms with Gasteiger partial charge in [-0.25, -0.2) is 14.6 Å². The van der Waals surface area contributed by atoms with Crippen molar-refractivity contribution < 1.29 is 33.3 Å². The van der Waals surface area contributed by atoms with Crippen LogP contribution in [0.15, 0.2) is 63.5 Å². The first-order valence-electron chi connectivity index (χ1n) is 13.2. The summed E-state index contributed by atoms with van der Waals surface area (Å²) in [6, 6.07) is 11.7. The van der Waals surface area contributed by atoms with Crippen molar-refractivity contribution in [3.8, 4) is 17.2 Å². The number of allylic oxidation sites excluding steroid dienone is 1. The minimum Gasteiger partial charge on any atom is -0.494 e. The van der Waals surface area contributed by atoms with E-state index in [4.69, 9.17) is 18.9 Å². The van der Waals surface area contributed by atoms with Crippen molar-refractivity contribution >= 4 is 29.4 Å². The van der Waals surface area contributed by atoms with Crippen molar-refractivity contribution in [1.29, 1.82) is 0 Å². The van der Waals surface area contributed by atoms with E-state index < -0.39 is 18.0 Å². The summed E-state index contributed by atoms with van der Waals surface area (Å²) in [5, 5.41) is 0. The summed E-state index contributed by atoms with van der Waals surface area (Å²) in [4.78, 5) is 43.8. The normalized spacial score (nSPS) is 14.7. The van der Waals surface area contributed by atoms with E-state index in [0.717, 1.165) is 5.56 Å². The third-order valence-corrected chi connectivity index (χ3v) is 7.12. The van der Waals surface area contributed by atoms with Gasteiger partial charge < -0.3 is 23.7 Å². The zero-order valence-corrected chi connectivity index (χ0v) is 24.4. The van der Waals surface area contributed by atoms with Gasteiger partial charge in [-0.1, -0.05) is 29.5 Å². The highest BCUT2D eigenvalue weighted by molar-refractivity contribution is 7.07. The molecule has 3 aromatic rings. The summed E-state index contributed by atoms with van der Waals surface area (Å²) >= 11 is 1.23. The Kier molecular flexibility index (Phi) is 9.61. The van der Waals surface area contributed by atoms with Crippen LogP contribution in [-0.4, -0.2) is 50.0 Å². The van der Waals surface area contributed by atoms with Crippen LogP contribution in [0, 0.1) is 0 Å². The van der Waals surface area contributed by atoms with Crippen LogP contribution in [0.25, 0.3) is 6.08 Å². The molecule has 11 heteroatoms. The quantitative estimate of drug-likeness (QED) is 0.318. The third-order valence-electron chi connectivity index (χ3n) is 6.14. The number of methoxy groups -OCH3 is 1. The van der Waals surface area contributed by atoms with Gasteiger partial charge in [-0.15, -0.1) is 0 Å². The van der Waals surface area contributed by atoms with E-state index in [2.05, 4.69) is 9.73 Å². The molecule has 0 unspecified atom stereocenters. The fourth-order valence-electron chi connectivity index (χ4n) is 4.40. The molecule has 216 valence electrons. The number of ether oxygens (including phenoxy) is 5. The van der Waals surface area contributed by atoms with Gasteiger partial charge in [0.15, 0.2) is 22.9 Å². The maximum Gasteiger partial charge on any atom is 0.343 e. The van der Waals surface area contributed by atoms with Gasteiger partial charge in [0.1, 0.15) is 5.75 Å². The van der Waals surface area contributed by atoms with Crippen molar-refractivity contribution in [2.24, 2.45) is 4.99 Å². The largest absolute Gasteiger partial charge is 0.494 e. The molecule has 1 atom stereocenters. The standard InChI is InChI=1S/C30H32N2O8S/c1-6-37-21-11-9-10-19(14-21)15-24-28(34)32-27(26(29(35)39-8-3)18(4)31-30(32)41-24)20-12-13-22(23(16-20)38-7-2)40-17-25(33)36-5/h9-16,27H,6-8,17H2,1-5H3/b24-15+/t27-/m1/s1. The lowest BCUT2D eigenvalue weighted by Crippen LogP contribution is -2.40. The number of carbonyl (C=O) groups is 2. The van der Waals surface area contributed by atoms with Gasteiger partial charge in [-0.2, -0.15) is 0 Å². The Labute approximate surface area is 241 Å². The molecular weight excluding hydrogens is 548 g/mol. The first-order chi connectivity index (χ1) is 19.8. The molecule has 1 aliphatic heterocycles. The summed E-state index contributed by atoms with van der Waals surface area (Å²) in [7, 11) is 1.27. The van der Waals surface area contributed by atoms with Crippen LogP contribution in [0.3, 0.4) is 0 Å². The number of esters is 2.